The van der Waals surface area contributed by atoms with Crippen LogP contribution in [0.15, 0.2) is 12.5 Å². The van der Waals surface area contributed by atoms with Gasteiger partial charge in [0, 0.05) is 24.6 Å². The van der Waals surface area contributed by atoms with Crippen molar-refractivity contribution in [3.8, 4) is 0 Å². The highest BCUT2D eigenvalue weighted by molar-refractivity contribution is 5.14. The molecular weight excluding hydrogens is 266 g/mol. The van der Waals surface area contributed by atoms with Gasteiger partial charge >= 0.3 is 0 Å². The number of hydrogen-bond donors (Lipinski definition) is 1. The maximum absolute atomic E-state index is 9.26. The highest BCUT2D eigenvalue weighted by Crippen LogP contribution is 2.18. The van der Waals surface area contributed by atoms with Gasteiger partial charge in [-0.1, -0.05) is 20.8 Å². The Morgan fingerprint density at radius 3 is 2.62 bits per heavy atom. The molecule has 0 radical (unpaired) electrons. The molecule has 0 aromatic carbocycles. The van der Waals surface area contributed by atoms with E-state index in [0.717, 1.165) is 30.2 Å². The van der Waals surface area contributed by atoms with Gasteiger partial charge < -0.3 is 5.11 Å². The first-order valence-electron chi connectivity index (χ1n) is 7.33. The minimum absolute atomic E-state index is 0.0692. The lowest BCUT2D eigenvalue weighted by atomic mass is 10.0. The first-order valence-corrected chi connectivity index (χ1v) is 7.33. The van der Waals surface area contributed by atoms with Crippen molar-refractivity contribution in [1.29, 1.82) is 0 Å². The molecule has 0 amide bonds. The first-order chi connectivity index (χ1) is 10.0. The Morgan fingerprint density at radius 2 is 2.00 bits per heavy atom. The van der Waals surface area contributed by atoms with Crippen molar-refractivity contribution in [3.05, 3.63) is 35.4 Å². The largest absolute Gasteiger partial charge is 0.390 e. The normalized spacial score (nSPS) is 12.9. The lowest BCUT2D eigenvalue weighted by Crippen LogP contribution is -2.08. The van der Waals surface area contributed by atoms with E-state index in [-0.39, 0.29) is 12.5 Å². The molecule has 1 N–H and O–H groups in total. The van der Waals surface area contributed by atoms with Gasteiger partial charge in [0.1, 0.15) is 6.33 Å². The second-order valence-corrected chi connectivity index (χ2v) is 5.70. The molecule has 2 aromatic rings. The van der Waals surface area contributed by atoms with E-state index in [1.54, 1.807) is 12.5 Å². The lowest BCUT2D eigenvalue weighted by molar-refractivity contribution is 0.274. The number of rotatable bonds is 6. The van der Waals surface area contributed by atoms with Gasteiger partial charge in [-0.15, -0.1) is 0 Å². The Kier molecular flexibility index (Phi) is 5.01. The second-order valence-electron chi connectivity index (χ2n) is 5.70. The molecule has 0 saturated heterocycles. The van der Waals surface area contributed by atoms with Crippen molar-refractivity contribution in [1.82, 2.24) is 24.7 Å². The number of aromatic nitrogens is 5. The Balaban J connectivity index is 1.99. The summed E-state index contributed by atoms with van der Waals surface area (Å²) < 4.78 is 1.88. The smallest absolute Gasteiger partial charge is 0.153 e. The third kappa shape index (κ3) is 3.85. The maximum Gasteiger partial charge on any atom is 0.153 e. The van der Waals surface area contributed by atoms with Crippen LogP contribution in [0, 0.1) is 6.92 Å². The van der Waals surface area contributed by atoms with Gasteiger partial charge in [0.05, 0.1) is 23.7 Å². The summed E-state index contributed by atoms with van der Waals surface area (Å²) in [5.41, 5.74) is 2.35. The van der Waals surface area contributed by atoms with Crippen LogP contribution < -0.4 is 0 Å². The summed E-state index contributed by atoms with van der Waals surface area (Å²) in [6.07, 6.45) is 4.48. The summed E-state index contributed by atoms with van der Waals surface area (Å²) in [4.78, 5) is 13.1. The molecule has 0 aliphatic rings. The van der Waals surface area contributed by atoms with Crippen LogP contribution in [-0.4, -0.2) is 29.8 Å². The van der Waals surface area contributed by atoms with Crippen LogP contribution in [0.4, 0.5) is 0 Å². The van der Waals surface area contributed by atoms with E-state index >= 15 is 0 Å². The van der Waals surface area contributed by atoms with Crippen LogP contribution in [0.5, 0.6) is 0 Å². The summed E-state index contributed by atoms with van der Waals surface area (Å²) in [7, 11) is 0. The first kappa shape index (κ1) is 15.6. The Hall–Kier alpha value is -1.82. The SMILES string of the molecule is Cc1ncc(C(C)CCn2cnc(C(C)C)n2)nc1CO. The molecule has 6 heteroatoms. The van der Waals surface area contributed by atoms with Crippen LogP contribution >= 0.6 is 0 Å². The van der Waals surface area contributed by atoms with E-state index in [0.29, 0.717) is 11.6 Å². The molecule has 1 unspecified atom stereocenters. The Labute approximate surface area is 125 Å². The summed E-state index contributed by atoms with van der Waals surface area (Å²) in [5, 5.41) is 13.7. The third-order valence-electron chi connectivity index (χ3n) is 3.59. The van der Waals surface area contributed by atoms with Crippen molar-refractivity contribution >= 4 is 0 Å². The number of aliphatic hydroxyl groups excluding tert-OH is 1. The monoisotopic (exact) mass is 289 g/mol. The zero-order chi connectivity index (χ0) is 15.4. The fraction of sp³-hybridized carbons (Fsp3) is 0.600. The van der Waals surface area contributed by atoms with Crippen LogP contribution in [-0.2, 0) is 13.2 Å². The molecule has 0 bridgehead atoms. The molecule has 0 aliphatic carbocycles. The molecule has 0 aliphatic heterocycles. The molecule has 2 heterocycles. The van der Waals surface area contributed by atoms with E-state index in [2.05, 4.69) is 40.8 Å². The predicted molar refractivity (Wildman–Crippen MR) is 79.8 cm³/mol. The van der Waals surface area contributed by atoms with E-state index in [1.807, 2.05) is 11.6 Å². The molecule has 0 fully saturated rings. The van der Waals surface area contributed by atoms with E-state index in [4.69, 9.17) is 0 Å². The van der Waals surface area contributed by atoms with Gasteiger partial charge in [-0.3, -0.25) is 14.6 Å². The zero-order valence-electron chi connectivity index (χ0n) is 13.1. The average Bonchev–Trinajstić information content (AvgIpc) is 2.94. The summed E-state index contributed by atoms with van der Waals surface area (Å²) in [6, 6.07) is 0. The second kappa shape index (κ2) is 6.76. The highest BCUT2D eigenvalue weighted by Gasteiger charge is 2.12. The van der Waals surface area contributed by atoms with Crippen LogP contribution in [0.2, 0.25) is 0 Å². The molecule has 0 spiro atoms. The van der Waals surface area contributed by atoms with Gasteiger partial charge in [0.2, 0.25) is 0 Å². The molecule has 21 heavy (non-hydrogen) atoms. The number of aryl methyl sites for hydroxylation is 2. The zero-order valence-corrected chi connectivity index (χ0v) is 13.1. The van der Waals surface area contributed by atoms with Gasteiger partial charge in [0.25, 0.3) is 0 Å². The third-order valence-corrected chi connectivity index (χ3v) is 3.59. The van der Waals surface area contributed by atoms with Gasteiger partial charge in [-0.25, -0.2) is 4.98 Å². The molecule has 6 nitrogen and oxygen atoms in total. The fourth-order valence-electron chi connectivity index (χ4n) is 2.05. The Morgan fingerprint density at radius 1 is 1.24 bits per heavy atom. The van der Waals surface area contributed by atoms with Gasteiger partial charge in [0.15, 0.2) is 5.82 Å². The minimum atomic E-state index is -0.0692. The van der Waals surface area contributed by atoms with E-state index in [1.165, 1.54) is 0 Å². The quantitative estimate of drug-likeness (QED) is 0.882. The number of nitrogens with zero attached hydrogens (tertiary/aromatic N) is 5. The van der Waals surface area contributed by atoms with Crippen molar-refractivity contribution in [3.63, 3.8) is 0 Å². The van der Waals surface area contributed by atoms with Crippen molar-refractivity contribution < 1.29 is 5.11 Å². The van der Waals surface area contributed by atoms with E-state index in [9.17, 15) is 5.11 Å². The fourth-order valence-corrected chi connectivity index (χ4v) is 2.05. The maximum atomic E-state index is 9.26. The average molecular weight is 289 g/mol. The van der Waals surface area contributed by atoms with E-state index < -0.39 is 0 Å². The molecule has 0 saturated carbocycles. The standard InChI is InChI=1S/C15H23N5O/c1-10(2)15-17-9-20(19-15)6-5-11(3)13-7-16-12(4)14(8-21)18-13/h7,9-11,21H,5-6,8H2,1-4H3. The van der Waals surface area contributed by atoms with Crippen LogP contribution in [0.25, 0.3) is 0 Å². The van der Waals surface area contributed by atoms with Crippen LogP contribution in [0.3, 0.4) is 0 Å². The van der Waals surface area contributed by atoms with Gasteiger partial charge in [-0.05, 0) is 13.3 Å². The number of aliphatic hydroxyl groups is 1. The minimum Gasteiger partial charge on any atom is -0.390 e. The summed E-state index contributed by atoms with van der Waals surface area (Å²) >= 11 is 0. The molecule has 114 valence electrons. The molecule has 1 atom stereocenters. The highest BCUT2D eigenvalue weighted by atomic mass is 16.3. The van der Waals surface area contributed by atoms with Crippen molar-refractivity contribution in [2.75, 3.05) is 0 Å². The molecule has 2 aromatic heterocycles. The lowest BCUT2D eigenvalue weighted by Gasteiger charge is -2.12. The topological polar surface area (TPSA) is 76.7 Å². The van der Waals surface area contributed by atoms with Crippen molar-refractivity contribution in [2.24, 2.45) is 0 Å². The predicted octanol–water partition coefficient (Wildman–Crippen LogP) is 2.19. The summed E-state index contributed by atoms with van der Waals surface area (Å²) in [6.45, 7) is 8.86. The molecular formula is C15H23N5O. The summed E-state index contributed by atoms with van der Waals surface area (Å²) in [5.74, 6) is 1.48. The van der Waals surface area contributed by atoms with Crippen molar-refractivity contribution in [2.45, 2.75) is 59.1 Å². The molecule has 2 rings (SSSR count). The Bertz CT molecular complexity index is 593. The number of hydrogen-bond acceptors (Lipinski definition) is 5. The van der Waals surface area contributed by atoms with Gasteiger partial charge in [-0.2, -0.15) is 5.10 Å². The van der Waals surface area contributed by atoms with Crippen LogP contribution in [0.1, 0.15) is 61.9 Å².